The Morgan fingerprint density at radius 2 is 1.61 bits per heavy atom. The maximum Gasteiger partial charge on any atom is 0.258 e. The Morgan fingerprint density at radius 1 is 0.929 bits per heavy atom. The van der Waals surface area contributed by atoms with Gasteiger partial charge in [0.15, 0.2) is 0 Å². The number of benzene rings is 2. The molecule has 0 saturated heterocycles. The van der Waals surface area contributed by atoms with Gasteiger partial charge in [-0.1, -0.05) is 94.3 Å². The van der Waals surface area contributed by atoms with Crippen LogP contribution in [-0.4, -0.2) is 4.98 Å². The van der Waals surface area contributed by atoms with Crippen LogP contribution in [0.3, 0.4) is 0 Å². The molecule has 0 aliphatic rings. The molecule has 2 atom stereocenters. The van der Waals surface area contributed by atoms with Gasteiger partial charge in [0, 0.05) is 5.41 Å². The molecular weight excluding hydrogens is 340 g/mol. The van der Waals surface area contributed by atoms with Gasteiger partial charge < -0.3 is 0 Å². The minimum atomic E-state index is 0.0252. The summed E-state index contributed by atoms with van der Waals surface area (Å²) in [5.74, 6) is 1.81. The smallest absolute Gasteiger partial charge is 0.247 e. The molecular formula is C26H35N2+. The standard InChI is InChI=1S/C26H34N2/c1-4-6-19-28-20-18-27-25(28)24(13-5-2)26(3,23-16-11-8-12-17-23)21-22-14-9-7-10-15-22/h7-12,14-18,20,24H,4-6,13,19,21H2,1-3H3/p+1. The lowest BCUT2D eigenvalue weighted by Gasteiger charge is -2.37. The van der Waals surface area contributed by atoms with Crippen molar-refractivity contribution in [2.24, 2.45) is 0 Å². The predicted molar refractivity (Wildman–Crippen MR) is 117 cm³/mol. The van der Waals surface area contributed by atoms with E-state index in [2.05, 4.69) is 103 Å². The van der Waals surface area contributed by atoms with Gasteiger partial charge in [-0.05, 0) is 30.4 Å². The third kappa shape index (κ3) is 4.55. The quantitative estimate of drug-likeness (QED) is 0.408. The number of hydrogen-bond donors (Lipinski definition) is 1. The Labute approximate surface area is 170 Å². The van der Waals surface area contributed by atoms with Crippen LogP contribution >= 0.6 is 0 Å². The number of imidazole rings is 1. The maximum atomic E-state index is 3.62. The van der Waals surface area contributed by atoms with E-state index in [0.717, 1.165) is 13.0 Å². The van der Waals surface area contributed by atoms with Crippen LogP contribution in [0.5, 0.6) is 0 Å². The van der Waals surface area contributed by atoms with Crippen LogP contribution in [0, 0.1) is 0 Å². The number of unbranched alkanes of at least 4 members (excludes halogenated alkanes) is 1. The molecule has 0 aliphatic carbocycles. The molecule has 0 fully saturated rings. The van der Waals surface area contributed by atoms with Crippen molar-refractivity contribution >= 4 is 0 Å². The topological polar surface area (TPSA) is 19.7 Å². The Balaban J connectivity index is 2.06. The Morgan fingerprint density at radius 3 is 2.25 bits per heavy atom. The molecule has 2 aromatic carbocycles. The third-order valence-electron chi connectivity index (χ3n) is 6.07. The molecule has 0 radical (unpaired) electrons. The van der Waals surface area contributed by atoms with Crippen molar-refractivity contribution in [2.75, 3.05) is 0 Å². The van der Waals surface area contributed by atoms with Crippen molar-refractivity contribution in [3.63, 3.8) is 0 Å². The monoisotopic (exact) mass is 375 g/mol. The first kappa shape index (κ1) is 20.4. The summed E-state index contributed by atoms with van der Waals surface area (Å²) in [5.41, 5.74) is 2.85. The number of rotatable bonds is 10. The molecule has 2 heteroatoms. The molecule has 2 unspecified atom stereocenters. The molecule has 3 rings (SSSR count). The number of nitrogens with one attached hydrogen (secondary N) is 1. The van der Waals surface area contributed by atoms with Crippen molar-refractivity contribution in [1.82, 2.24) is 4.98 Å². The van der Waals surface area contributed by atoms with Crippen LogP contribution in [0.4, 0.5) is 0 Å². The number of H-pyrrole nitrogens is 1. The zero-order valence-corrected chi connectivity index (χ0v) is 17.7. The summed E-state index contributed by atoms with van der Waals surface area (Å²) < 4.78 is 2.45. The zero-order valence-electron chi connectivity index (χ0n) is 17.7. The van der Waals surface area contributed by atoms with E-state index in [0.29, 0.717) is 5.92 Å². The number of aromatic amines is 1. The lowest BCUT2D eigenvalue weighted by atomic mass is 9.66. The summed E-state index contributed by atoms with van der Waals surface area (Å²) in [6.45, 7) is 8.12. The highest BCUT2D eigenvalue weighted by Gasteiger charge is 2.41. The van der Waals surface area contributed by atoms with Gasteiger partial charge in [-0.3, -0.25) is 0 Å². The molecule has 0 aliphatic heterocycles. The number of aromatic nitrogens is 2. The summed E-state index contributed by atoms with van der Waals surface area (Å²) in [7, 11) is 0. The first-order chi connectivity index (χ1) is 13.7. The lowest BCUT2D eigenvalue weighted by molar-refractivity contribution is -0.705. The Hall–Kier alpha value is -2.35. The molecule has 28 heavy (non-hydrogen) atoms. The molecule has 0 saturated carbocycles. The third-order valence-corrected chi connectivity index (χ3v) is 6.07. The molecule has 1 aromatic heterocycles. The predicted octanol–water partition coefficient (Wildman–Crippen LogP) is 6.19. The molecule has 0 bridgehead atoms. The normalized spacial score (nSPS) is 14.5. The fourth-order valence-corrected chi connectivity index (χ4v) is 4.51. The first-order valence-corrected chi connectivity index (χ1v) is 10.8. The van der Waals surface area contributed by atoms with E-state index in [4.69, 9.17) is 0 Å². The van der Waals surface area contributed by atoms with Crippen molar-refractivity contribution < 1.29 is 4.57 Å². The van der Waals surface area contributed by atoms with Gasteiger partial charge in [-0.25, -0.2) is 9.55 Å². The summed E-state index contributed by atoms with van der Waals surface area (Å²) in [6.07, 6.45) is 10.2. The number of nitrogens with zero attached hydrogens (tertiary/aromatic N) is 1. The summed E-state index contributed by atoms with van der Waals surface area (Å²) in [6, 6.07) is 22.1. The second-order valence-corrected chi connectivity index (χ2v) is 8.18. The molecule has 0 amide bonds. The SMILES string of the molecule is CCCC[n+]1cc[nH]c1C(CCC)C(C)(Cc1ccccc1)c1ccccc1. The molecule has 0 spiro atoms. The van der Waals surface area contributed by atoms with E-state index in [-0.39, 0.29) is 5.41 Å². The largest absolute Gasteiger partial charge is 0.258 e. The van der Waals surface area contributed by atoms with E-state index in [1.165, 1.54) is 42.6 Å². The minimum absolute atomic E-state index is 0.0252. The summed E-state index contributed by atoms with van der Waals surface area (Å²) in [4.78, 5) is 3.62. The Kier molecular flexibility index (Phi) is 7.08. The fraction of sp³-hybridized carbons (Fsp3) is 0.423. The van der Waals surface area contributed by atoms with Crippen LogP contribution in [-0.2, 0) is 18.4 Å². The second-order valence-electron chi connectivity index (χ2n) is 8.18. The van der Waals surface area contributed by atoms with Gasteiger partial charge in [0.05, 0.1) is 12.5 Å². The summed E-state index contributed by atoms with van der Waals surface area (Å²) >= 11 is 0. The van der Waals surface area contributed by atoms with Gasteiger partial charge in [0.2, 0.25) is 0 Å². The average molecular weight is 376 g/mol. The van der Waals surface area contributed by atoms with Gasteiger partial charge >= 0.3 is 0 Å². The van der Waals surface area contributed by atoms with E-state index in [1.807, 2.05) is 0 Å². The second kappa shape index (κ2) is 9.73. The van der Waals surface area contributed by atoms with Crippen molar-refractivity contribution in [3.05, 3.63) is 90.0 Å². The van der Waals surface area contributed by atoms with Crippen molar-refractivity contribution in [3.8, 4) is 0 Å². The molecule has 148 valence electrons. The van der Waals surface area contributed by atoms with Crippen LogP contribution < -0.4 is 4.57 Å². The average Bonchev–Trinajstić information content (AvgIpc) is 3.19. The van der Waals surface area contributed by atoms with Crippen LogP contribution in [0.2, 0.25) is 0 Å². The number of hydrogen-bond acceptors (Lipinski definition) is 0. The van der Waals surface area contributed by atoms with Crippen LogP contribution in [0.1, 0.15) is 69.3 Å². The number of aryl methyl sites for hydroxylation is 1. The van der Waals surface area contributed by atoms with Crippen molar-refractivity contribution in [2.45, 2.75) is 70.8 Å². The van der Waals surface area contributed by atoms with Gasteiger partial charge in [-0.2, -0.15) is 0 Å². The molecule has 1 N–H and O–H groups in total. The highest BCUT2D eigenvalue weighted by atomic mass is 15.1. The van der Waals surface area contributed by atoms with E-state index in [9.17, 15) is 0 Å². The Bertz CT molecular complexity index is 822. The van der Waals surface area contributed by atoms with E-state index in [1.54, 1.807) is 0 Å². The maximum absolute atomic E-state index is 3.62. The van der Waals surface area contributed by atoms with Crippen LogP contribution in [0.25, 0.3) is 0 Å². The molecule has 2 nitrogen and oxygen atoms in total. The molecule has 3 aromatic rings. The van der Waals surface area contributed by atoms with Gasteiger partial charge in [0.1, 0.15) is 12.4 Å². The van der Waals surface area contributed by atoms with E-state index < -0.39 is 0 Å². The molecule has 1 heterocycles. The first-order valence-electron chi connectivity index (χ1n) is 10.8. The van der Waals surface area contributed by atoms with Crippen LogP contribution in [0.15, 0.2) is 73.1 Å². The van der Waals surface area contributed by atoms with Gasteiger partial charge in [0.25, 0.3) is 5.82 Å². The fourth-order valence-electron chi connectivity index (χ4n) is 4.51. The zero-order chi connectivity index (χ0) is 19.8. The highest BCUT2D eigenvalue weighted by molar-refractivity contribution is 5.32. The minimum Gasteiger partial charge on any atom is -0.247 e. The lowest BCUT2D eigenvalue weighted by Crippen LogP contribution is -2.43. The van der Waals surface area contributed by atoms with E-state index >= 15 is 0 Å². The van der Waals surface area contributed by atoms with Crippen molar-refractivity contribution in [1.29, 1.82) is 0 Å². The highest BCUT2D eigenvalue weighted by Crippen LogP contribution is 2.43. The summed E-state index contributed by atoms with van der Waals surface area (Å²) in [5, 5.41) is 0. The van der Waals surface area contributed by atoms with Gasteiger partial charge in [-0.15, -0.1) is 0 Å².